The fraction of sp³-hybridized carbons (Fsp3) is 0.571. The number of hydrogen-bond donors (Lipinski definition) is 2. The van der Waals surface area contributed by atoms with E-state index >= 15 is 0 Å². The minimum atomic E-state index is -0.0476. The highest BCUT2D eigenvalue weighted by Gasteiger charge is 2.24. The van der Waals surface area contributed by atoms with Crippen molar-refractivity contribution in [2.45, 2.75) is 39.0 Å². The number of nitrogens with zero attached hydrogens (tertiary/aromatic N) is 1. The number of amides is 1. The van der Waals surface area contributed by atoms with Crippen molar-refractivity contribution in [1.29, 1.82) is 5.26 Å². The number of anilines is 1. The third-order valence-electron chi connectivity index (χ3n) is 3.48. The predicted molar refractivity (Wildman–Crippen MR) is 77.1 cm³/mol. The SMILES string of the molecule is CC1CCc2c(sc(NC(=O)CCCN)c2C#N)C1. The number of carbonyl (C=O) groups is 1. The number of carbonyl (C=O) groups excluding carboxylic acids is 1. The van der Waals surface area contributed by atoms with Gasteiger partial charge in [-0.25, -0.2) is 0 Å². The van der Waals surface area contributed by atoms with Gasteiger partial charge in [0.15, 0.2) is 0 Å². The lowest BCUT2D eigenvalue weighted by Gasteiger charge is -2.17. The summed E-state index contributed by atoms with van der Waals surface area (Å²) in [6.07, 6.45) is 4.19. The quantitative estimate of drug-likeness (QED) is 0.887. The second kappa shape index (κ2) is 6.18. The van der Waals surface area contributed by atoms with Crippen LogP contribution in [0, 0.1) is 17.2 Å². The van der Waals surface area contributed by atoms with Crippen molar-refractivity contribution in [1.82, 2.24) is 0 Å². The minimum Gasteiger partial charge on any atom is -0.330 e. The summed E-state index contributed by atoms with van der Waals surface area (Å²) in [5.41, 5.74) is 7.22. The molecule has 0 radical (unpaired) electrons. The molecule has 0 saturated heterocycles. The standard InChI is InChI=1S/C14H19N3OS/c1-9-4-5-10-11(8-16)14(19-12(10)7-9)17-13(18)3-2-6-15/h9H,2-7,15H2,1H3,(H,17,18). The van der Waals surface area contributed by atoms with E-state index in [2.05, 4.69) is 18.3 Å². The Balaban J connectivity index is 2.17. The lowest BCUT2D eigenvalue weighted by atomic mass is 9.88. The van der Waals surface area contributed by atoms with Gasteiger partial charge in [0, 0.05) is 11.3 Å². The van der Waals surface area contributed by atoms with E-state index in [0.29, 0.717) is 30.9 Å². The van der Waals surface area contributed by atoms with Crippen LogP contribution >= 0.6 is 11.3 Å². The van der Waals surface area contributed by atoms with Crippen molar-refractivity contribution in [3.63, 3.8) is 0 Å². The van der Waals surface area contributed by atoms with Gasteiger partial charge in [0.2, 0.25) is 5.91 Å². The summed E-state index contributed by atoms with van der Waals surface area (Å²) in [6.45, 7) is 2.74. The number of rotatable bonds is 4. The molecule has 102 valence electrons. The number of thiophene rings is 1. The van der Waals surface area contributed by atoms with E-state index < -0.39 is 0 Å². The third kappa shape index (κ3) is 3.14. The highest BCUT2D eigenvalue weighted by molar-refractivity contribution is 7.16. The molecule has 1 aliphatic carbocycles. The first-order valence-electron chi connectivity index (χ1n) is 6.70. The smallest absolute Gasteiger partial charge is 0.225 e. The Kier molecular flexibility index (Phi) is 4.56. The number of fused-ring (bicyclic) bond motifs is 1. The van der Waals surface area contributed by atoms with Crippen LogP contribution in [-0.2, 0) is 17.6 Å². The van der Waals surface area contributed by atoms with Crippen molar-refractivity contribution in [2.24, 2.45) is 11.7 Å². The molecule has 0 bridgehead atoms. The van der Waals surface area contributed by atoms with Crippen molar-refractivity contribution in [2.75, 3.05) is 11.9 Å². The highest BCUT2D eigenvalue weighted by Crippen LogP contribution is 2.39. The largest absolute Gasteiger partial charge is 0.330 e. The monoisotopic (exact) mass is 277 g/mol. The topological polar surface area (TPSA) is 78.9 Å². The van der Waals surface area contributed by atoms with Crippen LogP contribution in [-0.4, -0.2) is 12.5 Å². The molecule has 1 aromatic rings. The summed E-state index contributed by atoms with van der Waals surface area (Å²) in [5.74, 6) is 0.618. The van der Waals surface area contributed by atoms with Gasteiger partial charge in [-0.05, 0) is 43.7 Å². The maximum absolute atomic E-state index is 11.7. The molecule has 0 saturated carbocycles. The van der Waals surface area contributed by atoms with E-state index in [1.54, 1.807) is 11.3 Å². The van der Waals surface area contributed by atoms with Gasteiger partial charge in [0.05, 0.1) is 5.56 Å². The van der Waals surface area contributed by atoms with Gasteiger partial charge in [0.1, 0.15) is 11.1 Å². The molecule has 5 heteroatoms. The molecule has 1 aromatic heterocycles. The van der Waals surface area contributed by atoms with Crippen molar-refractivity contribution >= 4 is 22.2 Å². The van der Waals surface area contributed by atoms with Crippen molar-refractivity contribution in [3.05, 3.63) is 16.0 Å². The van der Waals surface area contributed by atoms with E-state index in [9.17, 15) is 10.1 Å². The zero-order valence-corrected chi connectivity index (χ0v) is 12.0. The zero-order chi connectivity index (χ0) is 13.8. The summed E-state index contributed by atoms with van der Waals surface area (Å²) in [6, 6.07) is 2.25. The molecular weight excluding hydrogens is 258 g/mol. The fourth-order valence-electron chi connectivity index (χ4n) is 2.41. The third-order valence-corrected chi connectivity index (χ3v) is 4.65. The molecule has 0 aliphatic heterocycles. The molecule has 19 heavy (non-hydrogen) atoms. The maximum Gasteiger partial charge on any atom is 0.225 e. The second-order valence-corrected chi connectivity index (χ2v) is 6.21. The van der Waals surface area contributed by atoms with Crippen LogP contribution in [0.5, 0.6) is 0 Å². The second-order valence-electron chi connectivity index (χ2n) is 5.11. The number of nitrogens with one attached hydrogen (secondary N) is 1. The average molecular weight is 277 g/mol. The first-order chi connectivity index (χ1) is 9.15. The van der Waals surface area contributed by atoms with E-state index in [1.807, 2.05) is 0 Å². The fourth-order valence-corrected chi connectivity index (χ4v) is 3.79. The van der Waals surface area contributed by atoms with Crippen LogP contribution in [0.3, 0.4) is 0 Å². The van der Waals surface area contributed by atoms with Crippen LogP contribution < -0.4 is 11.1 Å². The molecule has 1 heterocycles. The van der Waals surface area contributed by atoms with Gasteiger partial charge in [0.25, 0.3) is 0 Å². The summed E-state index contributed by atoms with van der Waals surface area (Å²) in [4.78, 5) is 13.0. The summed E-state index contributed by atoms with van der Waals surface area (Å²) < 4.78 is 0. The van der Waals surface area contributed by atoms with E-state index in [4.69, 9.17) is 5.73 Å². The molecule has 3 N–H and O–H groups in total. The normalized spacial score (nSPS) is 17.6. The van der Waals surface area contributed by atoms with E-state index in [-0.39, 0.29) is 5.91 Å². The molecule has 0 aromatic carbocycles. The van der Waals surface area contributed by atoms with E-state index in [1.165, 1.54) is 4.88 Å². The van der Waals surface area contributed by atoms with Crippen LogP contribution in [0.2, 0.25) is 0 Å². The lowest BCUT2D eigenvalue weighted by molar-refractivity contribution is -0.116. The first-order valence-corrected chi connectivity index (χ1v) is 7.52. The van der Waals surface area contributed by atoms with Gasteiger partial charge < -0.3 is 11.1 Å². The summed E-state index contributed by atoms with van der Waals surface area (Å²) in [7, 11) is 0. The Labute approximate surface area is 117 Å². The Hall–Kier alpha value is -1.38. The molecule has 1 amide bonds. The first kappa shape index (κ1) is 14.0. The molecule has 0 spiro atoms. The lowest BCUT2D eigenvalue weighted by Crippen LogP contribution is -2.13. The molecule has 2 rings (SSSR count). The number of nitriles is 1. The van der Waals surface area contributed by atoms with Crippen molar-refractivity contribution in [3.8, 4) is 6.07 Å². The van der Waals surface area contributed by atoms with Gasteiger partial charge in [-0.2, -0.15) is 5.26 Å². The Morgan fingerprint density at radius 3 is 3.11 bits per heavy atom. The van der Waals surface area contributed by atoms with Gasteiger partial charge in [-0.1, -0.05) is 6.92 Å². The Morgan fingerprint density at radius 2 is 2.42 bits per heavy atom. The van der Waals surface area contributed by atoms with Crippen molar-refractivity contribution < 1.29 is 4.79 Å². The van der Waals surface area contributed by atoms with Crippen LogP contribution in [0.4, 0.5) is 5.00 Å². The summed E-state index contributed by atoms with van der Waals surface area (Å²) >= 11 is 1.57. The molecule has 1 unspecified atom stereocenters. The molecule has 4 nitrogen and oxygen atoms in total. The van der Waals surface area contributed by atoms with Gasteiger partial charge >= 0.3 is 0 Å². The highest BCUT2D eigenvalue weighted by atomic mass is 32.1. The van der Waals surface area contributed by atoms with E-state index in [0.717, 1.165) is 29.8 Å². The number of nitrogens with two attached hydrogens (primary N) is 1. The molecule has 1 atom stereocenters. The average Bonchev–Trinajstić information content (AvgIpc) is 2.72. The number of hydrogen-bond acceptors (Lipinski definition) is 4. The summed E-state index contributed by atoms with van der Waals surface area (Å²) in [5, 5.41) is 12.9. The Bertz CT molecular complexity index is 515. The molecular formula is C14H19N3OS. The predicted octanol–water partition coefficient (Wildman–Crippen LogP) is 2.42. The molecule has 1 aliphatic rings. The minimum absolute atomic E-state index is 0.0476. The zero-order valence-electron chi connectivity index (χ0n) is 11.2. The Morgan fingerprint density at radius 1 is 1.63 bits per heavy atom. The van der Waals surface area contributed by atoms with Crippen LogP contribution in [0.15, 0.2) is 0 Å². The maximum atomic E-state index is 11.7. The van der Waals surface area contributed by atoms with Crippen LogP contribution in [0.1, 0.15) is 42.2 Å². The molecule has 0 fully saturated rings. The van der Waals surface area contributed by atoms with Gasteiger partial charge in [-0.15, -0.1) is 11.3 Å². The van der Waals surface area contributed by atoms with Crippen LogP contribution in [0.25, 0.3) is 0 Å². The van der Waals surface area contributed by atoms with Gasteiger partial charge in [-0.3, -0.25) is 4.79 Å².